The summed E-state index contributed by atoms with van der Waals surface area (Å²) in [5.41, 5.74) is 10.1. The summed E-state index contributed by atoms with van der Waals surface area (Å²) in [4.78, 5) is 9.60. The van der Waals surface area contributed by atoms with Gasteiger partial charge in [0.15, 0.2) is 0 Å². The molecule has 2 aliphatic rings. The number of nitrogens with zero attached hydrogens (tertiary/aromatic N) is 2. The molecule has 1 atom stereocenters. The Morgan fingerprint density at radius 1 is 1.16 bits per heavy atom. The molecule has 0 fully saturated rings. The highest BCUT2D eigenvalue weighted by Crippen LogP contribution is 2.49. The van der Waals surface area contributed by atoms with Gasteiger partial charge in [-0.15, -0.1) is 11.3 Å². The minimum atomic E-state index is -4.01. The molecule has 158 valence electrons. The first kappa shape index (κ1) is 19.9. The molecule has 3 N–H and O–H groups in total. The van der Waals surface area contributed by atoms with Crippen molar-refractivity contribution in [3.63, 3.8) is 0 Å². The third-order valence-corrected chi connectivity index (χ3v) is 8.01. The Labute approximate surface area is 183 Å². The van der Waals surface area contributed by atoms with E-state index in [4.69, 9.17) is 10.7 Å². The molecule has 0 aliphatic carbocycles. The SMILES string of the molecule is CC1=CN=C(N)CC1c1nc(C)sc1-c1cccc2c1-c1cccc(F)c1S(=O)(=O)N2. The number of amidine groups is 1. The monoisotopic (exact) mass is 454 g/mol. The maximum atomic E-state index is 14.6. The van der Waals surface area contributed by atoms with Crippen LogP contribution in [0.5, 0.6) is 0 Å². The zero-order valence-electron chi connectivity index (χ0n) is 16.8. The number of anilines is 1. The zero-order valence-corrected chi connectivity index (χ0v) is 18.4. The van der Waals surface area contributed by atoms with Crippen LogP contribution in [-0.4, -0.2) is 19.2 Å². The van der Waals surface area contributed by atoms with Crippen molar-refractivity contribution in [2.75, 3.05) is 4.72 Å². The summed E-state index contributed by atoms with van der Waals surface area (Å²) >= 11 is 1.53. The Kier molecular flexibility index (Phi) is 4.49. The number of hydrogen-bond acceptors (Lipinski definition) is 6. The van der Waals surface area contributed by atoms with Gasteiger partial charge in [-0.2, -0.15) is 0 Å². The smallest absolute Gasteiger partial charge is 0.265 e. The van der Waals surface area contributed by atoms with Crippen LogP contribution in [0.2, 0.25) is 0 Å². The normalized spacial score (nSPS) is 19.0. The second kappa shape index (κ2) is 7.00. The van der Waals surface area contributed by atoms with Crippen LogP contribution < -0.4 is 10.5 Å². The number of aromatic nitrogens is 1. The highest BCUT2D eigenvalue weighted by atomic mass is 32.2. The summed E-state index contributed by atoms with van der Waals surface area (Å²) in [6.45, 7) is 3.93. The maximum Gasteiger partial charge on any atom is 0.265 e. The van der Waals surface area contributed by atoms with Crippen molar-refractivity contribution in [1.82, 2.24) is 4.98 Å². The van der Waals surface area contributed by atoms with Gasteiger partial charge >= 0.3 is 0 Å². The van der Waals surface area contributed by atoms with Crippen molar-refractivity contribution in [3.05, 3.63) is 64.7 Å². The van der Waals surface area contributed by atoms with Crippen molar-refractivity contribution < 1.29 is 12.8 Å². The molecule has 3 heterocycles. The first-order valence-corrected chi connectivity index (χ1v) is 12.0. The first-order valence-electron chi connectivity index (χ1n) is 9.67. The van der Waals surface area contributed by atoms with E-state index in [1.54, 1.807) is 24.4 Å². The van der Waals surface area contributed by atoms with Gasteiger partial charge in [0.25, 0.3) is 10.0 Å². The van der Waals surface area contributed by atoms with Crippen molar-refractivity contribution in [2.45, 2.75) is 31.1 Å². The van der Waals surface area contributed by atoms with Crippen LogP contribution in [-0.2, 0) is 10.0 Å². The summed E-state index contributed by atoms with van der Waals surface area (Å²) in [6.07, 6.45) is 2.33. The quantitative estimate of drug-likeness (QED) is 0.582. The number of rotatable bonds is 2. The molecule has 31 heavy (non-hydrogen) atoms. The van der Waals surface area contributed by atoms with Crippen molar-refractivity contribution in [1.29, 1.82) is 0 Å². The third kappa shape index (κ3) is 3.16. The number of sulfonamides is 1. The van der Waals surface area contributed by atoms with E-state index in [1.165, 1.54) is 17.4 Å². The summed E-state index contributed by atoms with van der Waals surface area (Å²) in [5, 5.41) is 0.882. The summed E-state index contributed by atoms with van der Waals surface area (Å²) in [7, 11) is -4.01. The van der Waals surface area contributed by atoms with E-state index < -0.39 is 15.8 Å². The van der Waals surface area contributed by atoms with Crippen molar-refractivity contribution in [3.8, 4) is 21.6 Å². The molecule has 2 aliphatic heterocycles. The summed E-state index contributed by atoms with van der Waals surface area (Å²) < 4.78 is 42.5. The molecule has 6 nitrogen and oxygen atoms in total. The van der Waals surface area contributed by atoms with E-state index >= 15 is 0 Å². The summed E-state index contributed by atoms with van der Waals surface area (Å²) in [5.74, 6) is -0.260. The van der Waals surface area contributed by atoms with Gasteiger partial charge in [0, 0.05) is 35.2 Å². The van der Waals surface area contributed by atoms with Gasteiger partial charge in [0.1, 0.15) is 10.7 Å². The Morgan fingerprint density at radius 3 is 2.71 bits per heavy atom. The van der Waals surface area contributed by atoms with Gasteiger partial charge in [0.05, 0.1) is 27.1 Å². The van der Waals surface area contributed by atoms with Crippen molar-refractivity contribution in [2.24, 2.45) is 10.7 Å². The van der Waals surface area contributed by atoms with E-state index in [0.717, 1.165) is 32.8 Å². The Balaban J connectivity index is 1.77. The van der Waals surface area contributed by atoms with Crippen LogP contribution in [0, 0.1) is 12.7 Å². The van der Waals surface area contributed by atoms with Crippen molar-refractivity contribution >= 4 is 32.9 Å². The number of nitrogens with two attached hydrogens (primary N) is 1. The maximum absolute atomic E-state index is 14.6. The summed E-state index contributed by atoms with van der Waals surface area (Å²) in [6, 6.07) is 9.73. The van der Waals surface area contributed by atoms with Gasteiger partial charge in [-0.3, -0.25) is 4.72 Å². The molecule has 0 saturated heterocycles. The van der Waals surface area contributed by atoms with Gasteiger partial charge in [-0.05, 0) is 31.6 Å². The second-order valence-electron chi connectivity index (χ2n) is 7.65. The molecule has 0 radical (unpaired) electrons. The minimum absolute atomic E-state index is 0.0273. The highest BCUT2D eigenvalue weighted by Gasteiger charge is 2.34. The van der Waals surface area contributed by atoms with E-state index in [9.17, 15) is 12.8 Å². The van der Waals surface area contributed by atoms with Crippen LogP contribution >= 0.6 is 11.3 Å². The topological polar surface area (TPSA) is 97.4 Å². The van der Waals surface area contributed by atoms with E-state index in [1.807, 2.05) is 19.9 Å². The lowest BCUT2D eigenvalue weighted by atomic mass is 9.88. The Hall–Kier alpha value is -3.04. The molecule has 9 heteroatoms. The van der Waals surface area contributed by atoms with E-state index in [-0.39, 0.29) is 10.8 Å². The molecule has 1 unspecified atom stereocenters. The second-order valence-corrected chi connectivity index (χ2v) is 10.5. The molecular formula is C22H19FN4O2S2. The number of halogens is 1. The lowest BCUT2D eigenvalue weighted by molar-refractivity contribution is 0.570. The van der Waals surface area contributed by atoms with Crippen LogP contribution in [0.4, 0.5) is 10.1 Å². The lowest BCUT2D eigenvalue weighted by Crippen LogP contribution is -2.21. The number of hydrogen-bond donors (Lipinski definition) is 2. The van der Waals surface area contributed by atoms with Crippen LogP contribution in [0.3, 0.4) is 0 Å². The number of fused-ring (bicyclic) bond motifs is 3. The molecule has 2 aromatic carbocycles. The predicted molar refractivity (Wildman–Crippen MR) is 121 cm³/mol. The van der Waals surface area contributed by atoms with Gasteiger partial charge in [-0.25, -0.2) is 22.8 Å². The van der Waals surface area contributed by atoms with Crippen LogP contribution in [0.1, 0.15) is 30.0 Å². The molecular weight excluding hydrogens is 435 g/mol. The van der Waals surface area contributed by atoms with E-state index in [0.29, 0.717) is 29.1 Å². The van der Waals surface area contributed by atoms with Gasteiger partial charge < -0.3 is 5.73 Å². The van der Waals surface area contributed by atoms with Crippen LogP contribution in [0.25, 0.3) is 21.6 Å². The fourth-order valence-electron chi connectivity index (χ4n) is 4.17. The fraction of sp³-hybridized carbons (Fsp3) is 0.182. The number of nitrogens with one attached hydrogen (secondary N) is 1. The highest BCUT2D eigenvalue weighted by molar-refractivity contribution is 7.93. The van der Waals surface area contributed by atoms with Gasteiger partial charge in [0.2, 0.25) is 0 Å². The predicted octanol–water partition coefficient (Wildman–Crippen LogP) is 4.79. The zero-order chi connectivity index (χ0) is 21.9. The van der Waals surface area contributed by atoms with Crippen LogP contribution in [0.15, 0.2) is 58.1 Å². The molecule has 0 spiro atoms. The molecule has 5 rings (SSSR count). The lowest BCUT2D eigenvalue weighted by Gasteiger charge is -2.25. The number of aryl methyl sites for hydroxylation is 1. The Bertz CT molecular complexity index is 1410. The first-order chi connectivity index (χ1) is 14.8. The number of thiazole rings is 1. The Morgan fingerprint density at radius 2 is 1.90 bits per heavy atom. The minimum Gasteiger partial charge on any atom is -0.387 e. The van der Waals surface area contributed by atoms with E-state index in [2.05, 4.69) is 9.71 Å². The molecule has 0 amide bonds. The number of aliphatic imine (C=N–C) groups is 1. The molecule has 0 saturated carbocycles. The third-order valence-electron chi connectivity index (χ3n) is 5.55. The standard InChI is InChI=1S/C22H19FN4O2S2/c1-11-10-25-18(24)9-15(11)20-21(30-12(2)26-20)13-5-4-8-17-19(13)14-6-3-7-16(23)22(14)31(28,29)27-17/h3-8,10,15,27H,9H2,1-2H3,(H2,24,25). The van der Waals surface area contributed by atoms with Gasteiger partial charge in [-0.1, -0.05) is 24.3 Å². The largest absolute Gasteiger partial charge is 0.387 e. The average Bonchev–Trinajstić information content (AvgIpc) is 3.10. The molecule has 0 bridgehead atoms. The average molecular weight is 455 g/mol. The fourth-order valence-corrected chi connectivity index (χ4v) is 6.53. The number of benzene rings is 2. The molecule has 1 aromatic heterocycles. The molecule has 3 aromatic rings. The number of allylic oxidation sites excluding steroid dienone is 1.